The molecular formula is C26H27F3N6O3. The Morgan fingerprint density at radius 3 is 2.50 bits per heavy atom. The van der Waals surface area contributed by atoms with Crippen LogP contribution in [0.3, 0.4) is 0 Å². The van der Waals surface area contributed by atoms with E-state index in [-0.39, 0.29) is 23.4 Å². The van der Waals surface area contributed by atoms with Crippen LogP contribution in [0.1, 0.15) is 50.9 Å². The van der Waals surface area contributed by atoms with Crippen LogP contribution in [0.25, 0.3) is 16.6 Å². The highest BCUT2D eigenvalue weighted by atomic mass is 19.4. The number of fused-ring (bicyclic) bond motifs is 3. The number of ether oxygens (including phenoxy) is 1. The molecule has 0 saturated carbocycles. The van der Waals surface area contributed by atoms with Gasteiger partial charge in [-0.15, -0.1) is 0 Å². The number of aromatic amines is 1. The van der Waals surface area contributed by atoms with E-state index in [1.807, 2.05) is 20.8 Å². The second-order valence-corrected chi connectivity index (χ2v) is 10.3. The molecule has 3 aromatic heterocycles. The first-order chi connectivity index (χ1) is 17.9. The Kier molecular flexibility index (Phi) is 6.28. The van der Waals surface area contributed by atoms with Crippen molar-refractivity contribution in [2.75, 3.05) is 18.4 Å². The van der Waals surface area contributed by atoms with Gasteiger partial charge in [0.2, 0.25) is 0 Å². The molecule has 1 aliphatic heterocycles. The maximum atomic E-state index is 13.2. The van der Waals surface area contributed by atoms with Gasteiger partial charge in [0.25, 0.3) is 5.56 Å². The lowest BCUT2D eigenvalue weighted by Gasteiger charge is -2.33. The van der Waals surface area contributed by atoms with E-state index < -0.39 is 17.5 Å². The maximum absolute atomic E-state index is 13.2. The number of H-pyrrole nitrogens is 1. The molecule has 0 unspecified atom stereocenters. The summed E-state index contributed by atoms with van der Waals surface area (Å²) in [7, 11) is 0. The first kappa shape index (κ1) is 25.6. The average Bonchev–Trinajstić information content (AvgIpc) is 3.21. The number of hydrogen-bond donors (Lipinski definition) is 2. The molecular weight excluding hydrogens is 501 g/mol. The van der Waals surface area contributed by atoms with E-state index in [0.29, 0.717) is 53.9 Å². The summed E-state index contributed by atoms with van der Waals surface area (Å²) in [5, 5.41) is 8.20. The number of carbonyl (C=O) groups is 1. The van der Waals surface area contributed by atoms with Crippen LogP contribution in [0.2, 0.25) is 0 Å². The molecule has 5 rings (SSSR count). The van der Waals surface area contributed by atoms with Crippen LogP contribution in [0.15, 0.2) is 47.3 Å². The summed E-state index contributed by atoms with van der Waals surface area (Å²) in [6.45, 7) is 6.41. The molecule has 0 aliphatic carbocycles. The Balaban J connectivity index is 1.48. The minimum atomic E-state index is -4.58. The minimum Gasteiger partial charge on any atom is -0.444 e. The molecule has 2 N–H and O–H groups in total. The fraction of sp³-hybridized carbons (Fsp3) is 0.385. The fourth-order valence-corrected chi connectivity index (χ4v) is 4.67. The summed E-state index contributed by atoms with van der Waals surface area (Å²) >= 11 is 0. The van der Waals surface area contributed by atoms with Crippen molar-refractivity contribution in [2.45, 2.75) is 51.3 Å². The van der Waals surface area contributed by atoms with Crippen molar-refractivity contribution in [2.24, 2.45) is 0 Å². The van der Waals surface area contributed by atoms with Crippen LogP contribution in [0.5, 0.6) is 0 Å². The third-order valence-corrected chi connectivity index (χ3v) is 6.33. The molecule has 0 bridgehead atoms. The van der Waals surface area contributed by atoms with Gasteiger partial charge >= 0.3 is 12.3 Å². The third-order valence-electron chi connectivity index (χ3n) is 6.33. The molecule has 0 radical (unpaired) electrons. The quantitative estimate of drug-likeness (QED) is 0.367. The zero-order chi connectivity index (χ0) is 27.2. The molecule has 0 spiro atoms. The number of amides is 1. The number of pyridine rings is 1. The number of carbonyl (C=O) groups excluding carboxylic acids is 1. The van der Waals surface area contributed by atoms with Gasteiger partial charge in [0.05, 0.1) is 22.3 Å². The van der Waals surface area contributed by atoms with E-state index in [2.05, 4.69) is 15.3 Å². The van der Waals surface area contributed by atoms with Crippen molar-refractivity contribution in [1.29, 1.82) is 0 Å². The van der Waals surface area contributed by atoms with Gasteiger partial charge in [-0.25, -0.2) is 14.3 Å². The number of aromatic nitrogens is 4. The highest BCUT2D eigenvalue weighted by Crippen LogP contribution is 2.34. The van der Waals surface area contributed by atoms with Gasteiger partial charge in [0.1, 0.15) is 22.8 Å². The van der Waals surface area contributed by atoms with Crippen LogP contribution in [0, 0.1) is 0 Å². The lowest BCUT2D eigenvalue weighted by atomic mass is 9.93. The molecule has 9 nitrogen and oxygen atoms in total. The van der Waals surface area contributed by atoms with Gasteiger partial charge in [0.15, 0.2) is 0 Å². The van der Waals surface area contributed by atoms with Crippen LogP contribution < -0.4 is 10.9 Å². The monoisotopic (exact) mass is 528 g/mol. The molecule has 38 heavy (non-hydrogen) atoms. The standard InChI is InChI=1S/C26H27F3N6O3/c1-25(2,3)38-24(37)34-12-10-15(11-13-34)18-14-21(36)32-23-22-16(6-4-7-17(22)33-35(18)23)30-20-9-5-8-19(31-20)26(27,28)29/h4-9,14-15H,10-13H2,1-3H3,(H,30,31)(H,32,36). The van der Waals surface area contributed by atoms with Gasteiger partial charge < -0.3 is 19.9 Å². The van der Waals surface area contributed by atoms with E-state index in [4.69, 9.17) is 9.84 Å². The number of nitrogens with zero attached hydrogens (tertiary/aromatic N) is 4. The molecule has 1 saturated heterocycles. The molecule has 1 aliphatic rings. The van der Waals surface area contributed by atoms with Crippen molar-refractivity contribution in [3.63, 3.8) is 0 Å². The van der Waals surface area contributed by atoms with Crippen molar-refractivity contribution < 1.29 is 22.7 Å². The number of alkyl halides is 3. The molecule has 1 amide bonds. The Morgan fingerprint density at radius 2 is 1.82 bits per heavy atom. The van der Waals surface area contributed by atoms with Gasteiger partial charge in [-0.05, 0) is 57.9 Å². The van der Waals surface area contributed by atoms with E-state index in [0.717, 1.165) is 6.07 Å². The summed E-state index contributed by atoms with van der Waals surface area (Å²) in [5.74, 6) is -0.0194. The van der Waals surface area contributed by atoms with E-state index in [1.54, 1.807) is 27.6 Å². The normalized spacial score (nSPS) is 15.3. The first-order valence-electron chi connectivity index (χ1n) is 12.2. The summed E-state index contributed by atoms with van der Waals surface area (Å²) in [5.41, 5.74) is 0.211. The second kappa shape index (κ2) is 9.34. The van der Waals surface area contributed by atoms with Gasteiger partial charge in [-0.2, -0.15) is 18.3 Å². The van der Waals surface area contributed by atoms with Crippen molar-refractivity contribution >= 4 is 34.1 Å². The number of likely N-dealkylation sites (tertiary alicyclic amines) is 1. The minimum absolute atomic E-state index is 0.0136. The number of halogens is 3. The van der Waals surface area contributed by atoms with E-state index >= 15 is 0 Å². The van der Waals surface area contributed by atoms with Gasteiger partial charge in [0, 0.05) is 25.1 Å². The van der Waals surface area contributed by atoms with Crippen molar-refractivity contribution in [3.05, 3.63) is 64.2 Å². The van der Waals surface area contributed by atoms with E-state index in [9.17, 15) is 22.8 Å². The smallest absolute Gasteiger partial charge is 0.433 e. The van der Waals surface area contributed by atoms with Crippen LogP contribution in [0.4, 0.5) is 29.5 Å². The van der Waals surface area contributed by atoms with E-state index in [1.165, 1.54) is 18.2 Å². The summed E-state index contributed by atoms with van der Waals surface area (Å²) in [4.78, 5) is 33.3. The molecule has 4 aromatic rings. The van der Waals surface area contributed by atoms with Crippen molar-refractivity contribution in [3.8, 4) is 0 Å². The summed E-state index contributed by atoms with van der Waals surface area (Å²) in [6, 6.07) is 10.3. The predicted octanol–water partition coefficient (Wildman–Crippen LogP) is 5.45. The highest BCUT2D eigenvalue weighted by Gasteiger charge is 2.33. The molecule has 4 heterocycles. The Hall–Kier alpha value is -4.09. The number of rotatable bonds is 3. The zero-order valence-corrected chi connectivity index (χ0v) is 21.1. The molecule has 1 fully saturated rings. The summed E-state index contributed by atoms with van der Waals surface area (Å²) < 4.78 is 46.6. The molecule has 1 aromatic carbocycles. The number of hydrogen-bond acceptors (Lipinski definition) is 6. The topological polar surface area (TPSA) is 105 Å². The van der Waals surface area contributed by atoms with Crippen molar-refractivity contribution in [1.82, 2.24) is 24.5 Å². The number of benzene rings is 1. The Morgan fingerprint density at radius 1 is 1.11 bits per heavy atom. The van der Waals surface area contributed by atoms with Gasteiger partial charge in [-0.3, -0.25) is 4.79 Å². The molecule has 12 heteroatoms. The summed E-state index contributed by atoms with van der Waals surface area (Å²) in [6.07, 6.45) is -3.70. The average molecular weight is 529 g/mol. The lowest BCUT2D eigenvalue weighted by molar-refractivity contribution is -0.141. The number of nitrogens with one attached hydrogen (secondary N) is 2. The lowest BCUT2D eigenvalue weighted by Crippen LogP contribution is -2.41. The largest absolute Gasteiger partial charge is 0.444 e. The Bertz CT molecular complexity index is 1560. The maximum Gasteiger partial charge on any atom is 0.433 e. The Labute approximate surface area is 215 Å². The van der Waals surface area contributed by atoms with Crippen LogP contribution in [-0.2, 0) is 10.9 Å². The SMILES string of the molecule is CC(C)(C)OC(=O)N1CCC(c2cc(=O)[nH]c3c4c(Nc5cccc(C(F)(F)F)n5)cccc4nn23)CC1. The van der Waals surface area contributed by atoms with Crippen LogP contribution in [-0.4, -0.2) is 49.3 Å². The first-order valence-corrected chi connectivity index (χ1v) is 12.2. The predicted molar refractivity (Wildman–Crippen MR) is 136 cm³/mol. The number of anilines is 2. The number of piperidine rings is 1. The van der Waals surface area contributed by atoms with Crippen LogP contribution >= 0.6 is 0 Å². The second-order valence-electron chi connectivity index (χ2n) is 10.3. The third kappa shape index (κ3) is 5.15. The zero-order valence-electron chi connectivity index (χ0n) is 21.1. The fourth-order valence-electron chi connectivity index (χ4n) is 4.67. The molecule has 0 atom stereocenters. The molecule has 200 valence electrons. The van der Waals surface area contributed by atoms with Gasteiger partial charge in [-0.1, -0.05) is 12.1 Å². The highest BCUT2D eigenvalue weighted by molar-refractivity contribution is 6.03.